The van der Waals surface area contributed by atoms with E-state index in [9.17, 15) is 13.2 Å². The molecule has 0 unspecified atom stereocenters. The molecule has 7 nitrogen and oxygen atoms in total. The van der Waals surface area contributed by atoms with Crippen molar-refractivity contribution < 1.29 is 22.7 Å². The molecule has 0 aliphatic carbocycles. The second-order valence-electron chi connectivity index (χ2n) is 5.12. The Kier molecular flexibility index (Phi) is 6.37. The first-order chi connectivity index (χ1) is 11.9. The molecular weight excluding hydrogens is 344 g/mol. The number of carbonyl (C=O) groups excluding carboxylic acids is 1. The van der Waals surface area contributed by atoms with Crippen LogP contribution in [0.5, 0.6) is 11.5 Å². The van der Waals surface area contributed by atoms with Gasteiger partial charge in [0.15, 0.2) is 6.61 Å². The topological polar surface area (TPSA) is 93.7 Å². The maximum Gasteiger partial charge on any atom is 0.272 e. The van der Waals surface area contributed by atoms with Crippen molar-refractivity contribution in [3.8, 4) is 11.5 Å². The fraction of sp³-hybridized carbons (Fsp3) is 0.235. The zero-order valence-electron chi connectivity index (χ0n) is 14.0. The highest BCUT2D eigenvalue weighted by molar-refractivity contribution is 7.89. The minimum atomic E-state index is -3.83. The molecule has 0 aromatic heterocycles. The van der Waals surface area contributed by atoms with Crippen molar-refractivity contribution in [3.63, 3.8) is 0 Å². The number of aryl methyl sites for hydroxylation is 1. The molecule has 0 fully saturated rings. The van der Waals surface area contributed by atoms with Gasteiger partial charge in [0.1, 0.15) is 11.5 Å². The van der Waals surface area contributed by atoms with Gasteiger partial charge in [-0.2, -0.15) is 0 Å². The van der Waals surface area contributed by atoms with E-state index in [1.807, 2.05) is 11.8 Å². The molecule has 0 aliphatic heterocycles. The van der Waals surface area contributed by atoms with E-state index in [0.29, 0.717) is 11.5 Å². The Bertz CT molecular complexity index is 802. The van der Waals surface area contributed by atoms with Gasteiger partial charge in [0.2, 0.25) is 0 Å². The smallest absolute Gasteiger partial charge is 0.272 e. The SMILES string of the molecule is CCc1ccc(S(=O)(=O)NNC(=O)COc2ccc(OC)cc2)cc1. The molecule has 0 heterocycles. The van der Waals surface area contributed by atoms with Crippen molar-refractivity contribution in [3.05, 3.63) is 54.1 Å². The number of rotatable bonds is 8. The zero-order chi connectivity index (χ0) is 18.3. The van der Waals surface area contributed by atoms with E-state index >= 15 is 0 Å². The number of benzene rings is 2. The van der Waals surface area contributed by atoms with E-state index < -0.39 is 15.9 Å². The number of methoxy groups -OCH3 is 1. The Morgan fingerprint density at radius 3 is 2.16 bits per heavy atom. The monoisotopic (exact) mass is 364 g/mol. The van der Waals surface area contributed by atoms with E-state index in [4.69, 9.17) is 9.47 Å². The van der Waals surface area contributed by atoms with Crippen LogP contribution in [-0.2, 0) is 21.2 Å². The van der Waals surface area contributed by atoms with E-state index in [1.54, 1.807) is 43.5 Å². The van der Waals surface area contributed by atoms with Crippen LogP contribution in [0.4, 0.5) is 0 Å². The standard InChI is InChI=1S/C17H20N2O5S/c1-3-13-4-10-16(11-5-13)25(21,22)19-18-17(20)12-24-15-8-6-14(23-2)7-9-15/h4-11,19H,3,12H2,1-2H3,(H,18,20). The molecule has 0 atom stereocenters. The Labute approximate surface area is 147 Å². The number of hydrogen-bond donors (Lipinski definition) is 2. The van der Waals surface area contributed by atoms with Crippen molar-refractivity contribution in [2.45, 2.75) is 18.2 Å². The van der Waals surface area contributed by atoms with Crippen LogP contribution < -0.4 is 19.7 Å². The number of carbonyl (C=O) groups is 1. The van der Waals surface area contributed by atoms with Gasteiger partial charge in [0, 0.05) is 0 Å². The maximum atomic E-state index is 12.1. The van der Waals surface area contributed by atoms with Crippen LogP contribution in [0.1, 0.15) is 12.5 Å². The first kappa shape index (κ1) is 18.8. The fourth-order valence-corrected chi connectivity index (χ4v) is 2.80. The highest BCUT2D eigenvalue weighted by Crippen LogP contribution is 2.16. The Balaban J connectivity index is 1.85. The van der Waals surface area contributed by atoms with Crippen molar-refractivity contribution in [1.29, 1.82) is 0 Å². The molecule has 8 heteroatoms. The summed E-state index contributed by atoms with van der Waals surface area (Å²) in [6, 6.07) is 13.1. The molecule has 0 saturated carbocycles. The molecule has 25 heavy (non-hydrogen) atoms. The summed E-state index contributed by atoms with van der Waals surface area (Å²) in [4.78, 5) is 13.8. The molecule has 0 spiro atoms. The lowest BCUT2D eigenvalue weighted by atomic mass is 10.2. The van der Waals surface area contributed by atoms with Gasteiger partial charge in [-0.3, -0.25) is 10.2 Å². The van der Waals surface area contributed by atoms with Crippen LogP contribution in [-0.4, -0.2) is 28.0 Å². The van der Waals surface area contributed by atoms with Crippen molar-refractivity contribution in [2.24, 2.45) is 0 Å². The molecule has 134 valence electrons. The molecule has 1 amide bonds. The number of nitrogens with one attached hydrogen (secondary N) is 2. The average molecular weight is 364 g/mol. The summed E-state index contributed by atoms with van der Waals surface area (Å²) in [6.45, 7) is 1.65. The summed E-state index contributed by atoms with van der Waals surface area (Å²) in [5, 5.41) is 0. The summed E-state index contributed by atoms with van der Waals surface area (Å²) >= 11 is 0. The van der Waals surface area contributed by atoms with Crippen LogP contribution in [0, 0.1) is 0 Å². The van der Waals surface area contributed by atoms with E-state index in [1.165, 1.54) is 12.1 Å². The number of amides is 1. The van der Waals surface area contributed by atoms with Gasteiger partial charge in [0.25, 0.3) is 15.9 Å². The molecule has 2 N–H and O–H groups in total. The Morgan fingerprint density at radius 1 is 1.00 bits per heavy atom. The number of hydrogen-bond acceptors (Lipinski definition) is 5. The Morgan fingerprint density at radius 2 is 1.60 bits per heavy atom. The first-order valence-electron chi connectivity index (χ1n) is 7.61. The summed E-state index contributed by atoms with van der Waals surface area (Å²) in [5.41, 5.74) is 3.14. The lowest BCUT2D eigenvalue weighted by Gasteiger charge is -2.10. The number of sulfonamides is 1. The van der Waals surface area contributed by atoms with E-state index in [-0.39, 0.29) is 11.5 Å². The first-order valence-corrected chi connectivity index (χ1v) is 9.09. The maximum absolute atomic E-state index is 12.1. The molecular formula is C17H20N2O5S. The van der Waals surface area contributed by atoms with Gasteiger partial charge < -0.3 is 9.47 Å². The van der Waals surface area contributed by atoms with E-state index in [0.717, 1.165) is 12.0 Å². The molecule has 0 saturated heterocycles. The van der Waals surface area contributed by atoms with Gasteiger partial charge >= 0.3 is 0 Å². The van der Waals surface area contributed by atoms with Crippen molar-refractivity contribution >= 4 is 15.9 Å². The quantitative estimate of drug-likeness (QED) is 0.695. The second-order valence-corrected chi connectivity index (χ2v) is 6.80. The molecule has 0 radical (unpaired) electrons. The zero-order valence-corrected chi connectivity index (χ0v) is 14.8. The fourth-order valence-electron chi connectivity index (χ4n) is 1.94. The van der Waals surface area contributed by atoms with Crippen LogP contribution in [0.25, 0.3) is 0 Å². The summed E-state index contributed by atoms with van der Waals surface area (Å²) in [7, 11) is -2.28. The lowest BCUT2D eigenvalue weighted by molar-refractivity contribution is -0.123. The van der Waals surface area contributed by atoms with Gasteiger partial charge in [-0.1, -0.05) is 19.1 Å². The van der Waals surface area contributed by atoms with Crippen LogP contribution in [0.2, 0.25) is 0 Å². The predicted octanol–water partition coefficient (Wildman–Crippen LogP) is 1.65. The summed E-state index contributed by atoms with van der Waals surface area (Å²) in [6.07, 6.45) is 0.813. The van der Waals surface area contributed by atoms with Crippen LogP contribution in [0.15, 0.2) is 53.4 Å². The Hall–Kier alpha value is -2.58. The normalized spacial score (nSPS) is 11.0. The third-order valence-electron chi connectivity index (χ3n) is 3.40. The third-order valence-corrected chi connectivity index (χ3v) is 4.66. The highest BCUT2D eigenvalue weighted by Gasteiger charge is 2.15. The number of hydrazine groups is 1. The van der Waals surface area contributed by atoms with Gasteiger partial charge in [-0.05, 0) is 48.4 Å². The molecule has 2 rings (SSSR count). The predicted molar refractivity (Wildman–Crippen MR) is 92.8 cm³/mol. The minimum Gasteiger partial charge on any atom is -0.497 e. The molecule has 2 aromatic rings. The minimum absolute atomic E-state index is 0.0704. The van der Waals surface area contributed by atoms with Crippen molar-refractivity contribution in [1.82, 2.24) is 10.3 Å². The molecule has 2 aromatic carbocycles. The third kappa shape index (κ3) is 5.47. The summed E-state index contributed by atoms with van der Waals surface area (Å²) < 4.78 is 34.5. The van der Waals surface area contributed by atoms with Gasteiger partial charge in [-0.25, -0.2) is 8.42 Å². The largest absolute Gasteiger partial charge is 0.497 e. The average Bonchev–Trinajstić information content (AvgIpc) is 2.65. The molecule has 0 bridgehead atoms. The summed E-state index contributed by atoms with van der Waals surface area (Å²) in [5.74, 6) is 0.511. The van der Waals surface area contributed by atoms with Crippen LogP contribution >= 0.6 is 0 Å². The number of ether oxygens (including phenoxy) is 2. The van der Waals surface area contributed by atoms with Crippen molar-refractivity contribution in [2.75, 3.05) is 13.7 Å². The van der Waals surface area contributed by atoms with Crippen LogP contribution in [0.3, 0.4) is 0 Å². The highest BCUT2D eigenvalue weighted by atomic mass is 32.2. The van der Waals surface area contributed by atoms with E-state index in [2.05, 4.69) is 5.43 Å². The van der Waals surface area contributed by atoms with Gasteiger partial charge in [-0.15, -0.1) is 4.83 Å². The second kappa shape index (κ2) is 8.50. The lowest BCUT2D eigenvalue weighted by Crippen LogP contribution is -2.43. The molecule has 0 aliphatic rings. The van der Waals surface area contributed by atoms with Gasteiger partial charge in [0.05, 0.1) is 12.0 Å².